The van der Waals surface area contributed by atoms with Crippen LogP contribution >= 0.6 is 11.6 Å². The van der Waals surface area contributed by atoms with E-state index in [9.17, 15) is 14.9 Å². The maximum atomic E-state index is 12.5. The third-order valence-corrected chi connectivity index (χ3v) is 5.78. The highest BCUT2D eigenvalue weighted by Gasteiger charge is 2.48. The second kappa shape index (κ2) is 7.45. The van der Waals surface area contributed by atoms with Gasteiger partial charge >= 0.3 is 0 Å². The molecule has 5 rings (SSSR count). The number of nitro groups is 1. The van der Waals surface area contributed by atoms with E-state index in [2.05, 4.69) is 9.97 Å². The smallest absolute Gasteiger partial charge is 0.269 e. The van der Waals surface area contributed by atoms with E-state index >= 15 is 0 Å². The van der Waals surface area contributed by atoms with E-state index in [0.29, 0.717) is 16.9 Å². The fourth-order valence-corrected chi connectivity index (χ4v) is 4.15. The molecule has 0 bridgehead atoms. The van der Waals surface area contributed by atoms with Crippen molar-refractivity contribution in [2.45, 2.75) is 11.4 Å². The Morgan fingerprint density at radius 2 is 1.81 bits per heavy atom. The minimum Gasteiger partial charge on any atom is -0.302 e. The number of alkyl halides is 1. The van der Waals surface area contributed by atoms with Gasteiger partial charge in [-0.1, -0.05) is 24.3 Å². The molecule has 2 aromatic carbocycles. The number of β-lactam (4-membered cyclic amide) rings is 1. The standard InChI is InChI=1S/C23H15ClN4O3/c24-20-21(16-3-1-5-18(13-16)28(30)31)27(23(20)29)17-9-6-14(7-10-17)19-11-8-15-4-2-12-25-22(15)26-19/h1-13,20-21H. The number of fused-ring (bicyclic) bond motifs is 1. The molecule has 2 atom stereocenters. The molecular formula is C23H15ClN4O3. The quantitative estimate of drug-likeness (QED) is 0.199. The number of hydrogen-bond donors (Lipinski definition) is 0. The molecule has 0 N–H and O–H groups in total. The highest BCUT2D eigenvalue weighted by molar-refractivity contribution is 6.37. The summed E-state index contributed by atoms with van der Waals surface area (Å²) in [6.45, 7) is 0. The summed E-state index contributed by atoms with van der Waals surface area (Å²) in [5.41, 5.74) is 3.59. The Hall–Kier alpha value is -3.84. The second-order valence-corrected chi connectivity index (χ2v) is 7.67. The molecular weight excluding hydrogens is 416 g/mol. The number of pyridine rings is 2. The summed E-state index contributed by atoms with van der Waals surface area (Å²) in [5.74, 6) is -0.237. The number of aromatic nitrogens is 2. The van der Waals surface area contributed by atoms with Crippen LogP contribution in [-0.2, 0) is 4.79 Å². The fraction of sp³-hybridized carbons (Fsp3) is 0.0870. The van der Waals surface area contributed by atoms with E-state index in [0.717, 1.165) is 16.6 Å². The minimum atomic E-state index is -0.769. The molecule has 0 radical (unpaired) electrons. The highest BCUT2D eigenvalue weighted by Crippen LogP contribution is 2.43. The van der Waals surface area contributed by atoms with Gasteiger partial charge in [0.25, 0.3) is 5.69 Å². The molecule has 31 heavy (non-hydrogen) atoms. The number of rotatable bonds is 4. The van der Waals surface area contributed by atoms with Gasteiger partial charge in [0.15, 0.2) is 5.65 Å². The lowest BCUT2D eigenvalue weighted by atomic mass is 9.92. The largest absolute Gasteiger partial charge is 0.302 e. The van der Waals surface area contributed by atoms with E-state index < -0.39 is 16.3 Å². The fourth-order valence-electron chi connectivity index (χ4n) is 3.79. The summed E-state index contributed by atoms with van der Waals surface area (Å²) in [6.07, 6.45) is 1.70. The number of carbonyl (C=O) groups is 1. The van der Waals surface area contributed by atoms with Crippen LogP contribution in [0.5, 0.6) is 0 Å². The van der Waals surface area contributed by atoms with E-state index in [1.54, 1.807) is 23.2 Å². The first-order chi connectivity index (χ1) is 15.0. The zero-order valence-corrected chi connectivity index (χ0v) is 16.8. The van der Waals surface area contributed by atoms with Crippen LogP contribution in [0.25, 0.3) is 22.3 Å². The van der Waals surface area contributed by atoms with Crippen LogP contribution < -0.4 is 4.90 Å². The minimum absolute atomic E-state index is 0.0352. The number of benzene rings is 2. The molecule has 2 unspecified atom stereocenters. The molecule has 4 aromatic rings. The van der Waals surface area contributed by atoms with E-state index in [1.807, 2.05) is 48.5 Å². The molecule has 0 aliphatic carbocycles. The first-order valence-electron chi connectivity index (χ1n) is 9.56. The molecule has 2 aromatic heterocycles. The predicted molar refractivity (Wildman–Crippen MR) is 118 cm³/mol. The molecule has 1 fully saturated rings. The van der Waals surface area contributed by atoms with Gasteiger partial charge in [-0.15, -0.1) is 11.6 Å². The van der Waals surface area contributed by atoms with Crippen molar-refractivity contribution in [3.63, 3.8) is 0 Å². The van der Waals surface area contributed by atoms with Crippen molar-refractivity contribution < 1.29 is 9.72 Å². The van der Waals surface area contributed by atoms with Gasteiger partial charge in [0.1, 0.15) is 5.38 Å². The van der Waals surface area contributed by atoms with E-state index in [-0.39, 0.29) is 11.6 Å². The topological polar surface area (TPSA) is 89.2 Å². The maximum Gasteiger partial charge on any atom is 0.269 e. The number of hydrogen-bond acceptors (Lipinski definition) is 5. The van der Waals surface area contributed by atoms with E-state index in [4.69, 9.17) is 11.6 Å². The number of non-ortho nitro benzene ring substituents is 1. The molecule has 0 saturated carbocycles. The molecule has 7 nitrogen and oxygen atoms in total. The van der Waals surface area contributed by atoms with Gasteiger partial charge in [-0.05, 0) is 42.0 Å². The average molecular weight is 431 g/mol. The summed E-state index contributed by atoms with van der Waals surface area (Å²) < 4.78 is 0. The van der Waals surface area contributed by atoms with Crippen LogP contribution in [0.15, 0.2) is 79.0 Å². The zero-order chi connectivity index (χ0) is 21.5. The summed E-state index contributed by atoms with van der Waals surface area (Å²) in [7, 11) is 0. The van der Waals surface area contributed by atoms with Gasteiger partial charge in [0.05, 0.1) is 16.7 Å². The number of amides is 1. The van der Waals surface area contributed by atoms with Gasteiger partial charge in [-0.2, -0.15) is 0 Å². The van der Waals surface area contributed by atoms with Crippen LogP contribution in [0.2, 0.25) is 0 Å². The average Bonchev–Trinajstić information content (AvgIpc) is 2.81. The number of nitrogens with zero attached hydrogens (tertiary/aromatic N) is 4. The first kappa shape index (κ1) is 19.1. The third-order valence-electron chi connectivity index (χ3n) is 5.36. The van der Waals surface area contributed by atoms with Crippen molar-refractivity contribution in [3.8, 4) is 11.3 Å². The van der Waals surface area contributed by atoms with Crippen LogP contribution in [0.4, 0.5) is 11.4 Å². The molecule has 0 spiro atoms. The van der Waals surface area contributed by atoms with Gasteiger partial charge in [-0.25, -0.2) is 9.97 Å². The lowest BCUT2D eigenvalue weighted by Gasteiger charge is -2.44. The molecule has 152 valence electrons. The van der Waals surface area contributed by atoms with E-state index in [1.165, 1.54) is 12.1 Å². The Balaban J connectivity index is 1.46. The van der Waals surface area contributed by atoms with Crippen LogP contribution in [0, 0.1) is 10.1 Å². The second-order valence-electron chi connectivity index (χ2n) is 7.20. The van der Waals surface area contributed by atoms with Crippen molar-refractivity contribution >= 4 is 39.9 Å². The van der Waals surface area contributed by atoms with Gasteiger partial charge in [0, 0.05) is 35.0 Å². The number of carbonyl (C=O) groups excluding carboxylic acids is 1. The summed E-state index contributed by atoms with van der Waals surface area (Å²) in [6, 6.07) is 20.9. The lowest BCUT2D eigenvalue weighted by molar-refractivity contribution is -0.384. The van der Waals surface area contributed by atoms with Gasteiger partial charge < -0.3 is 4.90 Å². The SMILES string of the molecule is O=C1C(Cl)C(c2cccc([N+](=O)[O-])c2)N1c1ccc(-c2ccc3cccnc3n2)cc1. The Kier molecular flexibility index (Phi) is 4.60. The normalized spacial score (nSPS) is 18.1. The van der Waals surface area contributed by atoms with Crippen molar-refractivity contribution in [2.24, 2.45) is 0 Å². The molecule has 1 aliphatic rings. The Bertz CT molecular complexity index is 1330. The number of anilines is 1. The Morgan fingerprint density at radius 1 is 1.00 bits per heavy atom. The van der Waals surface area contributed by atoms with Crippen molar-refractivity contribution in [1.82, 2.24) is 9.97 Å². The molecule has 3 heterocycles. The van der Waals surface area contributed by atoms with Crippen LogP contribution in [-0.4, -0.2) is 26.2 Å². The van der Waals surface area contributed by atoms with Crippen molar-refractivity contribution in [2.75, 3.05) is 4.90 Å². The molecule has 1 aliphatic heterocycles. The summed E-state index contributed by atoms with van der Waals surface area (Å²) in [4.78, 5) is 33.6. The lowest BCUT2D eigenvalue weighted by Crippen LogP contribution is -2.56. The predicted octanol–water partition coefficient (Wildman–Crippen LogP) is 4.90. The van der Waals surface area contributed by atoms with Gasteiger partial charge in [-0.3, -0.25) is 14.9 Å². The Morgan fingerprint density at radius 3 is 2.58 bits per heavy atom. The number of halogens is 1. The third kappa shape index (κ3) is 3.29. The zero-order valence-electron chi connectivity index (χ0n) is 16.1. The number of nitro benzene ring substituents is 1. The maximum absolute atomic E-state index is 12.5. The molecule has 1 amide bonds. The summed E-state index contributed by atoms with van der Waals surface area (Å²) >= 11 is 6.28. The van der Waals surface area contributed by atoms with Crippen molar-refractivity contribution in [3.05, 3.63) is 94.7 Å². The van der Waals surface area contributed by atoms with Crippen molar-refractivity contribution in [1.29, 1.82) is 0 Å². The molecule has 8 heteroatoms. The monoisotopic (exact) mass is 430 g/mol. The summed E-state index contributed by atoms with van der Waals surface area (Å²) in [5, 5.41) is 11.3. The van der Waals surface area contributed by atoms with Crippen LogP contribution in [0.3, 0.4) is 0 Å². The Labute approximate surface area is 182 Å². The first-order valence-corrected chi connectivity index (χ1v) is 10.0. The molecule has 1 saturated heterocycles. The van der Waals surface area contributed by atoms with Gasteiger partial charge in [0.2, 0.25) is 5.91 Å². The van der Waals surface area contributed by atoms with Crippen LogP contribution in [0.1, 0.15) is 11.6 Å². The highest BCUT2D eigenvalue weighted by atomic mass is 35.5.